The molecule has 0 aliphatic heterocycles. The topological polar surface area (TPSA) is 80.9 Å². The summed E-state index contributed by atoms with van der Waals surface area (Å²) in [5, 5.41) is 19.2. The Labute approximate surface area is 106 Å². The van der Waals surface area contributed by atoms with Gasteiger partial charge in [0, 0.05) is 11.9 Å². The molecule has 0 unspecified atom stereocenters. The third-order valence-corrected chi connectivity index (χ3v) is 3.56. The van der Waals surface area contributed by atoms with E-state index in [0.717, 1.165) is 17.5 Å². The molecule has 0 amide bonds. The second kappa shape index (κ2) is 5.28. The molecule has 0 fully saturated rings. The average molecular weight is 270 g/mol. The lowest BCUT2D eigenvalue weighted by Crippen LogP contribution is -2.03. The number of hydrogen-bond acceptors (Lipinski definition) is 6. The van der Waals surface area contributed by atoms with Crippen LogP contribution in [0.4, 0.5) is 0 Å². The van der Waals surface area contributed by atoms with Gasteiger partial charge in [0.2, 0.25) is 0 Å². The normalized spacial score (nSPS) is 10.6. The summed E-state index contributed by atoms with van der Waals surface area (Å²) in [5.41, 5.74) is 2.50. The molecular weight excluding hydrogens is 260 g/mol. The number of thiazole rings is 1. The van der Waals surface area contributed by atoms with Gasteiger partial charge in [-0.2, -0.15) is 0 Å². The zero-order valence-corrected chi connectivity index (χ0v) is 10.7. The van der Waals surface area contributed by atoms with Crippen LogP contribution in [0.1, 0.15) is 6.92 Å². The highest BCUT2D eigenvalue weighted by Crippen LogP contribution is 2.23. The van der Waals surface area contributed by atoms with Gasteiger partial charge in [-0.25, -0.2) is 4.98 Å². The maximum absolute atomic E-state index is 10.5. The Kier molecular flexibility index (Phi) is 3.75. The van der Waals surface area contributed by atoms with E-state index in [1.165, 1.54) is 11.3 Å². The molecule has 0 aliphatic rings. The van der Waals surface area contributed by atoms with E-state index in [2.05, 4.69) is 15.2 Å². The lowest BCUT2D eigenvalue weighted by molar-refractivity contribution is -0.133. The van der Waals surface area contributed by atoms with Gasteiger partial charge in [0.1, 0.15) is 5.69 Å². The molecule has 2 aromatic heterocycles. The molecule has 2 aromatic rings. The van der Waals surface area contributed by atoms with Gasteiger partial charge in [0.25, 0.3) is 0 Å². The fourth-order valence-electron chi connectivity index (χ4n) is 1.32. The highest BCUT2D eigenvalue weighted by molar-refractivity contribution is 7.99. The first kappa shape index (κ1) is 12.1. The standard InChI is InChI=1S/C9H10N4O2S2/c1-2-13-8(6-3-16-5-10-6)11-12-9(13)17-4-7(14)15/h3,5H,2,4H2,1H3,(H,14,15). The Morgan fingerprint density at radius 2 is 2.41 bits per heavy atom. The smallest absolute Gasteiger partial charge is 0.313 e. The molecule has 0 atom stereocenters. The van der Waals surface area contributed by atoms with Gasteiger partial charge in [-0.05, 0) is 6.92 Å². The maximum Gasteiger partial charge on any atom is 0.313 e. The van der Waals surface area contributed by atoms with Crippen molar-refractivity contribution in [3.05, 3.63) is 10.9 Å². The minimum absolute atomic E-state index is 0.0187. The largest absolute Gasteiger partial charge is 0.481 e. The van der Waals surface area contributed by atoms with Crippen molar-refractivity contribution in [1.29, 1.82) is 0 Å². The zero-order chi connectivity index (χ0) is 12.3. The lowest BCUT2D eigenvalue weighted by atomic mass is 10.4. The summed E-state index contributed by atoms with van der Waals surface area (Å²) in [4.78, 5) is 14.7. The number of carboxylic acids is 1. The zero-order valence-electron chi connectivity index (χ0n) is 9.03. The second-order valence-electron chi connectivity index (χ2n) is 3.11. The summed E-state index contributed by atoms with van der Waals surface area (Å²) in [7, 11) is 0. The van der Waals surface area contributed by atoms with Crippen LogP contribution in [0.5, 0.6) is 0 Å². The number of rotatable bonds is 5. The summed E-state index contributed by atoms with van der Waals surface area (Å²) in [5.74, 6) is -0.202. The molecule has 0 aromatic carbocycles. The van der Waals surface area contributed by atoms with Crippen molar-refractivity contribution in [2.75, 3.05) is 5.75 Å². The van der Waals surface area contributed by atoms with Crippen molar-refractivity contribution in [1.82, 2.24) is 19.7 Å². The minimum atomic E-state index is -0.865. The molecule has 0 aliphatic carbocycles. The third-order valence-electron chi connectivity index (χ3n) is 2.02. The molecule has 0 radical (unpaired) electrons. The molecule has 90 valence electrons. The van der Waals surface area contributed by atoms with Crippen LogP contribution in [0.15, 0.2) is 16.0 Å². The Morgan fingerprint density at radius 1 is 1.59 bits per heavy atom. The average Bonchev–Trinajstić information content (AvgIpc) is 2.94. The predicted octanol–water partition coefficient (Wildman–Crippen LogP) is 1.60. The fraction of sp³-hybridized carbons (Fsp3) is 0.333. The highest BCUT2D eigenvalue weighted by Gasteiger charge is 2.15. The first-order valence-electron chi connectivity index (χ1n) is 4.88. The molecule has 0 spiro atoms. The summed E-state index contributed by atoms with van der Waals surface area (Å²) in [6.07, 6.45) is 0. The van der Waals surface area contributed by atoms with Crippen LogP contribution in [0.2, 0.25) is 0 Å². The number of nitrogens with zero attached hydrogens (tertiary/aromatic N) is 4. The predicted molar refractivity (Wildman–Crippen MR) is 65.2 cm³/mol. The van der Waals surface area contributed by atoms with Crippen LogP contribution in [0.3, 0.4) is 0 Å². The summed E-state index contributed by atoms with van der Waals surface area (Å²) in [6.45, 7) is 2.64. The molecule has 0 saturated heterocycles. The van der Waals surface area contributed by atoms with Crippen molar-refractivity contribution in [3.8, 4) is 11.5 Å². The Hall–Kier alpha value is -1.41. The number of aliphatic carboxylic acids is 1. The number of carboxylic acid groups (broad SMARTS) is 1. The van der Waals surface area contributed by atoms with Gasteiger partial charge in [-0.1, -0.05) is 11.8 Å². The van der Waals surface area contributed by atoms with E-state index in [0.29, 0.717) is 17.5 Å². The monoisotopic (exact) mass is 270 g/mol. The van der Waals surface area contributed by atoms with E-state index in [4.69, 9.17) is 5.11 Å². The number of carbonyl (C=O) groups is 1. The molecule has 8 heteroatoms. The maximum atomic E-state index is 10.5. The quantitative estimate of drug-likeness (QED) is 0.831. The first-order chi connectivity index (χ1) is 8.22. The molecule has 2 heterocycles. The minimum Gasteiger partial charge on any atom is -0.481 e. The molecule has 6 nitrogen and oxygen atoms in total. The van der Waals surface area contributed by atoms with E-state index in [1.807, 2.05) is 16.9 Å². The molecule has 1 N–H and O–H groups in total. The lowest BCUT2D eigenvalue weighted by Gasteiger charge is -2.04. The van der Waals surface area contributed by atoms with Crippen molar-refractivity contribution in [2.24, 2.45) is 0 Å². The van der Waals surface area contributed by atoms with Crippen LogP contribution in [-0.2, 0) is 11.3 Å². The summed E-state index contributed by atoms with van der Waals surface area (Å²) < 4.78 is 1.86. The second-order valence-corrected chi connectivity index (χ2v) is 4.77. The summed E-state index contributed by atoms with van der Waals surface area (Å²) in [6, 6.07) is 0. The molecule has 0 bridgehead atoms. The van der Waals surface area contributed by atoms with Gasteiger partial charge >= 0.3 is 5.97 Å². The molecule has 17 heavy (non-hydrogen) atoms. The molecular formula is C9H10N4O2S2. The van der Waals surface area contributed by atoms with Gasteiger partial charge in [-0.3, -0.25) is 4.79 Å². The van der Waals surface area contributed by atoms with Crippen molar-refractivity contribution in [2.45, 2.75) is 18.6 Å². The van der Waals surface area contributed by atoms with Crippen LogP contribution < -0.4 is 0 Å². The van der Waals surface area contributed by atoms with Gasteiger partial charge in [0.05, 0.1) is 11.3 Å². The highest BCUT2D eigenvalue weighted by atomic mass is 32.2. The number of hydrogen-bond donors (Lipinski definition) is 1. The Morgan fingerprint density at radius 3 is 3.00 bits per heavy atom. The van der Waals surface area contributed by atoms with Crippen molar-refractivity contribution >= 4 is 29.1 Å². The van der Waals surface area contributed by atoms with Crippen LogP contribution in [0, 0.1) is 0 Å². The van der Waals surface area contributed by atoms with Gasteiger partial charge in [0.15, 0.2) is 11.0 Å². The van der Waals surface area contributed by atoms with Crippen molar-refractivity contribution in [3.63, 3.8) is 0 Å². The van der Waals surface area contributed by atoms with Crippen LogP contribution in [-0.4, -0.2) is 36.6 Å². The van der Waals surface area contributed by atoms with Gasteiger partial charge < -0.3 is 9.67 Å². The van der Waals surface area contributed by atoms with E-state index < -0.39 is 5.97 Å². The van der Waals surface area contributed by atoms with Crippen LogP contribution >= 0.6 is 23.1 Å². The fourth-order valence-corrected chi connectivity index (χ4v) is 2.57. The van der Waals surface area contributed by atoms with E-state index in [-0.39, 0.29) is 5.75 Å². The summed E-state index contributed by atoms with van der Waals surface area (Å²) >= 11 is 2.65. The van der Waals surface area contributed by atoms with Gasteiger partial charge in [-0.15, -0.1) is 21.5 Å². The third kappa shape index (κ3) is 2.64. The van der Waals surface area contributed by atoms with E-state index >= 15 is 0 Å². The number of aromatic nitrogens is 4. The Balaban J connectivity index is 2.27. The van der Waals surface area contributed by atoms with E-state index in [9.17, 15) is 4.79 Å². The van der Waals surface area contributed by atoms with Crippen molar-refractivity contribution < 1.29 is 9.90 Å². The molecule has 2 rings (SSSR count). The van der Waals surface area contributed by atoms with Crippen LogP contribution in [0.25, 0.3) is 11.5 Å². The number of thioether (sulfide) groups is 1. The van der Waals surface area contributed by atoms with E-state index in [1.54, 1.807) is 5.51 Å². The SMILES string of the molecule is CCn1c(SCC(=O)O)nnc1-c1cscn1. The first-order valence-corrected chi connectivity index (χ1v) is 6.81. The molecule has 0 saturated carbocycles. The Bertz CT molecular complexity index is 509.